The van der Waals surface area contributed by atoms with Gasteiger partial charge in [-0.2, -0.15) is 0 Å². The smallest absolute Gasteiger partial charge is 0.254 e. The maximum absolute atomic E-state index is 13.1. The quantitative estimate of drug-likeness (QED) is 0.759. The van der Waals surface area contributed by atoms with Gasteiger partial charge in [0.05, 0.1) is 15.7 Å². The molecule has 1 unspecified atom stereocenters. The Balaban J connectivity index is 1.91. The Labute approximate surface area is 152 Å². The van der Waals surface area contributed by atoms with Crippen molar-refractivity contribution in [2.45, 2.75) is 32.4 Å². The molecule has 0 aliphatic heterocycles. The van der Waals surface area contributed by atoms with E-state index in [0.717, 1.165) is 5.56 Å². The highest BCUT2D eigenvalue weighted by Gasteiger charge is 2.34. The number of hydrogen-bond donors (Lipinski definition) is 1. The van der Waals surface area contributed by atoms with Crippen LogP contribution in [-0.2, 0) is 6.54 Å². The molecule has 126 valence electrons. The first-order valence-electron chi connectivity index (χ1n) is 8.06. The van der Waals surface area contributed by atoms with E-state index in [-0.39, 0.29) is 17.0 Å². The first-order chi connectivity index (χ1) is 11.5. The molecule has 1 atom stereocenters. The number of nitrogens with zero attached hydrogens (tertiary/aromatic N) is 1. The van der Waals surface area contributed by atoms with Gasteiger partial charge in [0.1, 0.15) is 0 Å². The van der Waals surface area contributed by atoms with Crippen LogP contribution in [0.5, 0.6) is 0 Å². The first-order valence-corrected chi connectivity index (χ1v) is 8.82. The van der Waals surface area contributed by atoms with Crippen molar-refractivity contribution in [2.24, 2.45) is 5.92 Å². The second-order valence-corrected chi connectivity index (χ2v) is 7.14. The van der Waals surface area contributed by atoms with E-state index in [1.54, 1.807) is 12.1 Å². The van der Waals surface area contributed by atoms with Crippen LogP contribution in [0.3, 0.4) is 0 Å². The number of hydrogen-bond acceptors (Lipinski definition) is 2. The van der Waals surface area contributed by atoms with E-state index in [9.17, 15) is 4.79 Å². The van der Waals surface area contributed by atoms with Gasteiger partial charge in [0.15, 0.2) is 0 Å². The summed E-state index contributed by atoms with van der Waals surface area (Å²) in [6.45, 7) is 2.68. The Morgan fingerprint density at radius 1 is 1.25 bits per heavy atom. The molecule has 0 radical (unpaired) electrons. The van der Waals surface area contributed by atoms with Crippen LogP contribution in [0, 0.1) is 5.92 Å². The van der Waals surface area contributed by atoms with Gasteiger partial charge < -0.3 is 10.6 Å². The minimum Gasteiger partial charge on any atom is -0.397 e. The molecule has 2 aromatic carbocycles. The van der Waals surface area contributed by atoms with Crippen molar-refractivity contribution in [1.82, 2.24) is 4.90 Å². The van der Waals surface area contributed by atoms with Crippen LogP contribution in [0.25, 0.3) is 0 Å². The SMILES string of the molecule is CC(C1CC1)N(Cc1ccccc1)C(=O)c1cc(N)c(Cl)c(Cl)c1. The molecule has 2 aromatic rings. The molecule has 3 rings (SSSR count). The van der Waals surface area contributed by atoms with Crippen molar-refractivity contribution < 1.29 is 4.79 Å². The number of rotatable bonds is 5. The predicted octanol–water partition coefficient (Wildman–Crippen LogP) is 5.02. The fourth-order valence-electron chi connectivity index (χ4n) is 2.91. The molecule has 1 aliphatic carbocycles. The summed E-state index contributed by atoms with van der Waals surface area (Å²) in [6.07, 6.45) is 2.34. The molecule has 1 fully saturated rings. The third-order valence-electron chi connectivity index (χ3n) is 4.56. The van der Waals surface area contributed by atoms with Gasteiger partial charge in [-0.05, 0) is 43.4 Å². The van der Waals surface area contributed by atoms with Gasteiger partial charge >= 0.3 is 0 Å². The number of halogens is 2. The van der Waals surface area contributed by atoms with Crippen molar-refractivity contribution >= 4 is 34.8 Å². The molecule has 0 bridgehead atoms. The number of nitrogens with two attached hydrogens (primary N) is 1. The van der Waals surface area contributed by atoms with Gasteiger partial charge in [0.25, 0.3) is 5.91 Å². The van der Waals surface area contributed by atoms with Crippen LogP contribution >= 0.6 is 23.2 Å². The van der Waals surface area contributed by atoms with Crippen molar-refractivity contribution in [2.75, 3.05) is 5.73 Å². The van der Waals surface area contributed by atoms with E-state index in [1.165, 1.54) is 12.8 Å². The van der Waals surface area contributed by atoms with Crippen LogP contribution < -0.4 is 5.73 Å². The van der Waals surface area contributed by atoms with E-state index >= 15 is 0 Å². The van der Waals surface area contributed by atoms with Crippen LogP contribution in [0.15, 0.2) is 42.5 Å². The topological polar surface area (TPSA) is 46.3 Å². The molecule has 3 nitrogen and oxygen atoms in total. The molecule has 1 amide bonds. The summed E-state index contributed by atoms with van der Waals surface area (Å²) < 4.78 is 0. The van der Waals surface area contributed by atoms with E-state index in [0.29, 0.717) is 28.7 Å². The summed E-state index contributed by atoms with van der Waals surface area (Å²) >= 11 is 12.1. The molecule has 1 saturated carbocycles. The lowest BCUT2D eigenvalue weighted by molar-refractivity contribution is 0.0654. The molecule has 5 heteroatoms. The molecule has 0 heterocycles. The number of carbonyl (C=O) groups excluding carboxylic acids is 1. The minimum atomic E-state index is -0.0662. The zero-order chi connectivity index (χ0) is 17.3. The zero-order valence-corrected chi connectivity index (χ0v) is 15.0. The predicted molar refractivity (Wildman–Crippen MR) is 99.4 cm³/mol. The summed E-state index contributed by atoms with van der Waals surface area (Å²) in [5.41, 5.74) is 7.78. The molecular weight excluding hydrogens is 343 g/mol. The molecule has 24 heavy (non-hydrogen) atoms. The Kier molecular flexibility index (Phi) is 5.02. The lowest BCUT2D eigenvalue weighted by Gasteiger charge is -2.30. The monoisotopic (exact) mass is 362 g/mol. The number of anilines is 1. The summed E-state index contributed by atoms with van der Waals surface area (Å²) in [7, 11) is 0. The number of carbonyl (C=O) groups is 1. The largest absolute Gasteiger partial charge is 0.397 e. The van der Waals surface area contributed by atoms with Crippen LogP contribution in [0.1, 0.15) is 35.7 Å². The van der Waals surface area contributed by atoms with Gasteiger partial charge in [-0.15, -0.1) is 0 Å². The van der Waals surface area contributed by atoms with Crippen molar-refractivity contribution in [3.63, 3.8) is 0 Å². The average molecular weight is 363 g/mol. The molecule has 1 aliphatic rings. The summed E-state index contributed by atoms with van der Waals surface area (Å²) in [5.74, 6) is 0.501. The van der Waals surface area contributed by atoms with Crippen LogP contribution in [0.2, 0.25) is 10.0 Å². The average Bonchev–Trinajstić information content (AvgIpc) is 3.42. The van der Waals surface area contributed by atoms with E-state index in [2.05, 4.69) is 6.92 Å². The maximum atomic E-state index is 13.1. The molecule has 0 spiro atoms. The van der Waals surface area contributed by atoms with Gasteiger partial charge in [-0.1, -0.05) is 53.5 Å². The van der Waals surface area contributed by atoms with Crippen molar-refractivity contribution in [1.29, 1.82) is 0 Å². The van der Waals surface area contributed by atoms with E-state index in [4.69, 9.17) is 28.9 Å². The van der Waals surface area contributed by atoms with Gasteiger partial charge in [-0.3, -0.25) is 4.79 Å². The lowest BCUT2D eigenvalue weighted by Crippen LogP contribution is -2.39. The third-order valence-corrected chi connectivity index (χ3v) is 5.37. The van der Waals surface area contributed by atoms with E-state index < -0.39 is 0 Å². The highest BCUT2D eigenvalue weighted by atomic mass is 35.5. The van der Waals surface area contributed by atoms with Gasteiger partial charge in [0, 0.05) is 18.2 Å². The fourth-order valence-corrected chi connectivity index (χ4v) is 3.25. The summed E-state index contributed by atoms with van der Waals surface area (Å²) in [6, 6.07) is 13.4. The van der Waals surface area contributed by atoms with Crippen molar-refractivity contribution in [3.8, 4) is 0 Å². The highest BCUT2D eigenvalue weighted by Crippen LogP contribution is 2.37. The van der Waals surface area contributed by atoms with Crippen LogP contribution in [0.4, 0.5) is 5.69 Å². The molecule has 0 saturated heterocycles. The van der Waals surface area contributed by atoms with Crippen LogP contribution in [-0.4, -0.2) is 16.8 Å². The van der Waals surface area contributed by atoms with Gasteiger partial charge in [0.2, 0.25) is 0 Å². The number of nitrogen functional groups attached to an aromatic ring is 1. The maximum Gasteiger partial charge on any atom is 0.254 e. The standard InChI is InChI=1S/C19H20Cl2N2O/c1-12(14-7-8-14)23(11-13-5-3-2-4-6-13)19(24)15-9-16(20)18(21)17(22)10-15/h2-6,9-10,12,14H,7-8,11,22H2,1H3. The minimum absolute atomic E-state index is 0.0662. The fraction of sp³-hybridized carbons (Fsp3) is 0.316. The number of amides is 1. The van der Waals surface area contributed by atoms with E-state index in [1.807, 2.05) is 35.2 Å². The third kappa shape index (κ3) is 3.68. The second-order valence-electron chi connectivity index (χ2n) is 6.36. The Morgan fingerprint density at radius 2 is 1.92 bits per heavy atom. The molecule has 0 aromatic heterocycles. The Hall–Kier alpha value is -1.71. The zero-order valence-electron chi connectivity index (χ0n) is 13.5. The first kappa shape index (κ1) is 17.1. The normalized spacial score (nSPS) is 15.1. The van der Waals surface area contributed by atoms with Crippen molar-refractivity contribution in [3.05, 3.63) is 63.6 Å². The summed E-state index contributed by atoms with van der Waals surface area (Å²) in [5, 5.41) is 0.594. The Morgan fingerprint density at radius 3 is 2.50 bits per heavy atom. The molecular formula is C19H20Cl2N2O. The number of benzene rings is 2. The Bertz CT molecular complexity index is 721. The second kappa shape index (κ2) is 7.04. The summed E-state index contributed by atoms with van der Waals surface area (Å²) in [4.78, 5) is 15.0. The molecule has 2 N–H and O–H groups in total. The lowest BCUT2D eigenvalue weighted by atomic mass is 10.1. The van der Waals surface area contributed by atoms with Gasteiger partial charge in [-0.25, -0.2) is 0 Å². The highest BCUT2D eigenvalue weighted by molar-refractivity contribution is 6.43.